The number of pyridine rings is 1. The van der Waals surface area contributed by atoms with Crippen LogP contribution in [0.15, 0.2) is 66.4 Å². The molecule has 1 heterocycles. The molecule has 3 nitrogen and oxygen atoms in total. The first-order valence-electron chi connectivity index (χ1n) is 10.1. The van der Waals surface area contributed by atoms with Crippen molar-refractivity contribution in [2.75, 3.05) is 11.9 Å². The van der Waals surface area contributed by atoms with E-state index < -0.39 is 0 Å². The number of nitrogens with zero attached hydrogens (tertiary/aromatic N) is 2. The number of anilines is 1. The van der Waals surface area contributed by atoms with Gasteiger partial charge in [-0.1, -0.05) is 48.1 Å². The quantitative estimate of drug-likeness (QED) is 0.819. The minimum atomic E-state index is 0.815. The topological polar surface area (TPSA) is 48.7 Å². The van der Waals surface area contributed by atoms with Gasteiger partial charge in [-0.05, 0) is 67.3 Å². The predicted molar refractivity (Wildman–Crippen MR) is 114 cm³/mol. The summed E-state index contributed by atoms with van der Waals surface area (Å²) in [4.78, 5) is 4.67. The lowest BCUT2D eigenvalue weighted by Crippen LogP contribution is -2.13. The molecule has 3 heteroatoms. The van der Waals surface area contributed by atoms with Gasteiger partial charge in [0.1, 0.15) is 0 Å². The fourth-order valence-electron chi connectivity index (χ4n) is 4.13. The van der Waals surface area contributed by atoms with Crippen LogP contribution in [0.5, 0.6) is 0 Å². The van der Waals surface area contributed by atoms with Crippen molar-refractivity contribution in [2.24, 2.45) is 0 Å². The Labute approximate surface area is 167 Å². The summed E-state index contributed by atoms with van der Waals surface area (Å²) >= 11 is 0. The lowest BCUT2D eigenvalue weighted by atomic mass is 9.88. The van der Waals surface area contributed by atoms with Gasteiger partial charge in [0, 0.05) is 24.1 Å². The molecule has 0 saturated carbocycles. The minimum Gasteiger partial charge on any atom is -0.384 e. The van der Waals surface area contributed by atoms with Crippen molar-refractivity contribution >= 4 is 5.69 Å². The Kier molecular flexibility index (Phi) is 5.68. The molecule has 0 spiro atoms. The van der Waals surface area contributed by atoms with Gasteiger partial charge >= 0.3 is 0 Å². The second-order valence-corrected chi connectivity index (χ2v) is 7.36. The summed E-state index contributed by atoms with van der Waals surface area (Å²) < 4.78 is 0. The lowest BCUT2D eigenvalue weighted by Gasteiger charge is -2.20. The van der Waals surface area contributed by atoms with Crippen LogP contribution < -0.4 is 5.32 Å². The number of nitrogens with one attached hydrogen (secondary N) is 1. The van der Waals surface area contributed by atoms with Gasteiger partial charge in [0.2, 0.25) is 0 Å². The molecule has 0 atom stereocenters. The highest BCUT2D eigenvalue weighted by atomic mass is 14.9. The van der Waals surface area contributed by atoms with Gasteiger partial charge in [-0.25, -0.2) is 0 Å². The second-order valence-electron chi connectivity index (χ2n) is 7.36. The zero-order valence-corrected chi connectivity index (χ0v) is 16.1. The van der Waals surface area contributed by atoms with E-state index in [1.165, 1.54) is 33.6 Å². The summed E-state index contributed by atoms with van der Waals surface area (Å²) in [7, 11) is 0. The Bertz CT molecular complexity index is 989. The molecule has 1 aromatic heterocycles. The normalized spacial score (nSPS) is 15.3. The van der Waals surface area contributed by atoms with Crippen molar-refractivity contribution in [3.63, 3.8) is 0 Å². The smallest absolute Gasteiger partial charge is 0.0994 e. The van der Waals surface area contributed by atoms with Gasteiger partial charge in [-0.2, -0.15) is 5.26 Å². The van der Waals surface area contributed by atoms with Crippen LogP contribution >= 0.6 is 0 Å². The zero-order chi connectivity index (χ0) is 19.2. The first-order chi connectivity index (χ1) is 13.8. The van der Waals surface area contributed by atoms with Crippen molar-refractivity contribution in [1.29, 1.82) is 5.26 Å². The average molecular weight is 367 g/mol. The highest BCUT2D eigenvalue weighted by Gasteiger charge is 2.17. The number of hydrogen-bond donors (Lipinski definition) is 1. The molecule has 2 aliphatic carbocycles. The third kappa shape index (κ3) is 4.07. The van der Waals surface area contributed by atoms with Gasteiger partial charge in [0.25, 0.3) is 0 Å². The van der Waals surface area contributed by atoms with Crippen molar-refractivity contribution in [1.82, 2.24) is 4.98 Å². The predicted octanol–water partition coefficient (Wildman–Crippen LogP) is 5.08. The highest BCUT2D eigenvalue weighted by Crippen LogP contribution is 2.27. The Hall–Kier alpha value is -3.12. The number of benzene rings is 1. The molecule has 0 unspecified atom stereocenters. The molecule has 1 N–H and O–H groups in total. The van der Waals surface area contributed by atoms with Gasteiger partial charge in [-0.3, -0.25) is 4.98 Å². The van der Waals surface area contributed by atoms with E-state index in [-0.39, 0.29) is 0 Å². The summed E-state index contributed by atoms with van der Waals surface area (Å²) in [6, 6.07) is 10.6. The summed E-state index contributed by atoms with van der Waals surface area (Å²) in [5, 5.41) is 13.1. The van der Waals surface area contributed by atoms with E-state index in [9.17, 15) is 5.26 Å². The van der Waals surface area contributed by atoms with E-state index in [0.717, 1.165) is 50.6 Å². The van der Waals surface area contributed by atoms with Gasteiger partial charge in [0.05, 0.1) is 11.6 Å². The molecular weight excluding hydrogens is 342 g/mol. The highest BCUT2D eigenvalue weighted by molar-refractivity contribution is 5.54. The number of nitriles is 1. The number of fused-ring (bicyclic) bond motifs is 2. The first-order valence-corrected chi connectivity index (χ1v) is 10.1. The van der Waals surface area contributed by atoms with Crippen LogP contribution in [0, 0.1) is 11.3 Å². The van der Waals surface area contributed by atoms with Crippen LogP contribution in [0.2, 0.25) is 0 Å². The molecule has 2 aliphatic rings. The lowest BCUT2D eigenvalue weighted by molar-refractivity contribution is 0.808. The number of aromatic nitrogens is 1. The summed E-state index contributed by atoms with van der Waals surface area (Å²) in [6.45, 7) is 0.930. The maximum Gasteiger partial charge on any atom is 0.0994 e. The summed E-state index contributed by atoms with van der Waals surface area (Å²) in [5.41, 5.74) is 8.50. The Morgan fingerprint density at radius 3 is 2.86 bits per heavy atom. The molecule has 0 fully saturated rings. The number of hydrogen-bond acceptors (Lipinski definition) is 3. The fourth-order valence-corrected chi connectivity index (χ4v) is 4.13. The van der Waals surface area contributed by atoms with Gasteiger partial charge in [-0.15, -0.1) is 0 Å². The molecule has 140 valence electrons. The molecule has 28 heavy (non-hydrogen) atoms. The molecule has 0 bridgehead atoms. The van der Waals surface area contributed by atoms with Crippen LogP contribution in [-0.2, 0) is 25.7 Å². The average Bonchev–Trinajstić information content (AvgIpc) is 2.98. The summed E-state index contributed by atoms with van der Waals surface area (Å²) in [5.74, 6) is 0. The number of aryl methyl sites for hydroxylation is 2. The Morgan fingerprint density at radius 2 is 1.93 bits per heavy atom. The molecule has 0 radical (unpaired) electrons. The van der Waals surface area contributed by atoms with Crippen LogP contribution in [0.1, 0.15) is 40.8 Å². The molecule has 4 rings (SSSR count). The molecular formula is C25H25N3. The monoisotopic (exact) mass is 367 g/mol. The SMILES string of the molecule is N#Cc1cccc2c1CCc1nccc(NCCC3=CC=CC=CC3)c1CC2. The second kappa shape index (κ2) is 8.71. The molecule has 0 amide bonds. The van der Waals surface area contributed by atoms with E-state index in [1.54, 1.807) is 0 Å². The van der Waals surface area contributed by atoms with Crippen molar-refractivity contribution in [2.45, 2.75) is 38.5 Å². The van der Waals surface area contributed by atoms with E-state index in [0.29, 0.717) is 0 Å². The van der Waals surface area contributed by atoms with Crippen LogP contribution in [-0.4, -0.2) is 11.5 Å². The number of rotatable bonds is 4. The van der Waals surface area contributed by atoms with Crippen LogP contribution in [0.3, 0.4) is 0 Å². The van der Waals surface area contributed by atoms with Crippen molar-refractivity contribution in [3.8, 4) is 6.07 Å². The molecule has 1 aromatic carbocycles. The maximum absolute atomic E-state index is 9.43. The van der Waals surface area contributed by atoms with Crippen LogP contribution in [0.4, 0.5) is 5.69 Å². The number of allylic oxidation sites excluding steroid dienone is 5. The summed E-state index contributed by atoms with van der Waals surface area (Å²) in [6.07, 6.45) is 18.4. The third-order valence-electron chi connectivity index (χ3n) is 5.63. The minimum absolute atomic E-state index is 0.815. The largest absolute Gasteiger partial charge is 0.384 e. The van der Waals surface area contributed by atoms with E-state index in [2.05, 4.69) is 58.9 Å². The van der Waals surface area contributed by atoms with E-state index in [1.807, 2.05) is 18.3 Å². The van der Waals surface area contributed by atoms with Crippen LogP contribution in [0.25, 0.3) is 0 Å². The van der Waals surface area contributed by atoms with Gasteiger partial charge in [0.15, 0.2) is 0 Å². The maximum atomic E-state index is 9.43. The molecule has 0 aliphatic heterocycles. The van der Waals surface area contributed by atoms with Crippen molar-refractivity contribution in [3.05, 3.63) is 94.4 Å². The van der Waals surface area contributed by atoms with Crippen molar-refractivity contribution < 1.29 is 0 Å². The fraction of sp³-hybridized carbons (Fsp3) is 0.280. The Morgan fingerprint density at radius 1 is 1.00 bits per heavy atom. The third-order valence-corrected chi connectivity index (χ3v) is 5.63. The molecule has 0 saturated heterocycles. The van der Waals surface area contributed by atoms with E-state index in [4.69, 9.17) is 0 Å². The molecule has 2 aromatic rings. The Balaban J connectivity index is 1.49. The van der Waals surface area contributed by atoms with E-state index >= 15 is 0 Å². The zero-order valence-electron chi connectivity index (χ0n) is 16.1. The standard InChI is InChI=1S/C25H25N3/c26-18-21-9-5-8-20-10-11-23-24(13-12-22(20)21)28-17-15-25(23)27-16-14-19-6-3-1-2-4-7-19/h1-6,8-9,15,17H,7,10-14,16H2,(H,27,28). The van der Waals surface area contributed by atoms with Gasteiger partial charge < -0.3 is 5.32 Å². The first kappa shape index (κ1) is 18.3.